The molecule has 27 heavy (non-hydrogen) atoms. The smallest absolute Gasteiger partial charge is 0.251 e. The Balaban J connectivity index is 1.46. The molecule has 0 saturated carbocycles. The molecule has 0 aliphatic rings. The van der Waals surface area contributed by atoms with Gasteiger partial charge >= 0.3 is 0 Å². The average Bonchev–Trinajstić information content (AvgIpc) is 3.12. The molecule has 3 aromatic rings. The molecule has 2 aromatic carbocycles. The van der Waals surface area contributed by atoms with E-state index in [1.54, 1.807) is 23.0 Å². The fourth-order valence-corrected chi connectivity index (χ4v) is 2.49. The van der Waals surface area contributed by atoms with E-state index < -0.39 is 0 Å². The van der Waals surface area contributed by atoms with Gasteiger partial charge in [0.2, 0.25) is 0 Å². The summed E-state index contributed by atoms with van der Waals surface area (Å²) >= 11 is 0. The van der Waals surface area contributed by atoms with Crippen LogP contribution in [0.5, 0.6) is 5.75 Å². The zero-order valence-electron chi connectivity index (χ0n) is 14.8. The van der Waals surface area contributed by atoms with Crippen LogP contribution in [0.4, 0.5) is 0 Å². The van der Waals surface area contributed by atoms with E-state index in [0.717, 1.165) is 11.3 Å². The molecular weight excluding hydrogens is 344 g/mol. The fraction of sp³-hybridized carbons (Fsp3) is 0.150. The number of carbonyl (C=O) groups is 2. The quantitative estimate of drug-likeness (QED) is 0.583. The second kappa shape index (κ2) is 8.18. The van der Waals surface area contributed by atoms with E-state index >= 15 is 0 Å². The van der Waals surface area contributed by atoms with Crippen molar-refractivity contribution in [2.45, 2.75) is 6.92 Å². The third-order valence-electron chi connectivity index (χ3n) is 3.93. The summed E-state index contributed by atoms with van der Waals surface area (Å²) < 4.78 is 1.75. The molecular formula is C20H20N4O3. The molecule has 138 valence electrons. The molecule has 3 N–H and O–H groups in total. The van der Waals surface area contributed by atoms with Gasteiger partial charge in [-0.15, -0.1) is 0 Å². The van der Waals surface area contributed by atoms with E-state index in [9.17, 15) is 14.7 Å². The first-order valence-corrected chi connectivity index (χ1v) is 8.50. The number of rotatable bonds is 6. The number of amides is 2. The Labute approximate surface area is 156 Å². The lowest BCUT2D eigenvalue weighted by molar-refractivity contribution is 0.0927. The summed E-state index contributed by atoms with van der Waals surface area (Å²) in [5, 5.41) is 18.9. The number of hydrogen-bond donors (Lipinski definition) is 3. The summed E-state index contributed by atoms with van der Waals surface area (Å²) in [4.78, 5) is 24.1. The molecule has 0 atom stereocenters. The number of phenols is 1. The number of phenolic OH excluding ortho intramolecular Hbond substituents is 1. The lowest BCUT2D eigenvalue weighted by Crippen LogP contribution is -2.34. The van der Waals surface area contributed by atoms with Gasteiger partial charge in [0, 0.05) is 30.4 Å². The van der Waals surface area contributed by atoms with Crippen LogP contribution in [0.25, 0.3) is 5.69 Å². The molecule has 0 unspecified atom stereocenters. The molecule has 0 bridgehead atoms. The first-order chi connectivity index (χ1) is 13.0. The van der Waals surface area contributed by atoms with Crippen LogP contribution in [0.2, 0.25) is 0 Å². The van der Waals surface area contributed by atoms with E-state index in [4.69, 9.17) is 0 Å². The number of benzene rings is 2. The molecule has 7 nitrogen and oxygen atoms in total. The molecule has 0 aliphatic carbocycles. The van der Waals surface area contributed by atoms with Crippen molar-refractivity contribution in [1.29, 1.82) is 0 Å². The maximum Gasteiger partial charge on any atom is 0.251 e. The van der Waals surface area contributed by atoms with E-state index in [1.807, 2.05) is 25.3 Å². The van der Waals surface area contributed by atoms with Gasteiger partial charge in [0.25, 0.3) is 11.8 Å². The summed E-state index contributed by atoms with van der Waals surface area (Å²) in [7, 11) is 0. The minimum atomic E-state index is -0.261. The first kappa shape index (κ1) is 18.2. The second-order valence-corrected chi connectivity index (χ2v) is 6.07. The number of aryl methyl sites for hydroxylation is 1. The highest BCUT2D eigenvalue weighted by Crippen LogP contribution is 2.10. The van der Waals surface area contributed by atoms with Crippen LogP contribution in [0.3, 0.4) is 0 Å². The van der Waals surface area contributed by atoms with Crippen LogP contribution in [-0.2, 0) is 0 Å². The number of nitrogens with one attached hydrogen (secondary N) is 2. The van der Waals surface area contributed by atoms with Crippen molar-refractivity contribution in [3.05, 3.63) is 77.6 Å². The van der Waals surface area contributed by atoms with Gasteiger partial charge in [-0.05, 0) is 61.0 Å². The molecule has 1 heterocycles. The van der Waals surface area contributed by atoms with Gasteiger partial charge in [-0.2, -0.15) is 5.10 Å². The zero-order valence-corrected chi connectivity index (χ0v) is 14.8. The summed E-state index contributed by atoms with van der Waals surface area (Å²) in [6.07, 6.45) is 3.68. The van der Waals surface area contributed by atoms with Crippen LogP contribution < -0.4 is 10.6 Å². The van der Waals surface area contributed by atoms with Crippen molar-refractivity contribution in [2.75, 3.05) is 13.1 Å². The first-order valence-electron chi connectivity index (χ1n) is 8.50. The Hall–Kier alpha value is -3.61. The van der Waals surface area contributed by atoms with Gasteiger partial charge in [0.05, 0.1) is 11.9 Å². The van der Waals surface area contributed by atoms with Crippen LogP contribution in [0.15, 0.2) is 60.9 Å². The Bertz CT molecular complexity index is 931. The maximum atomic E-state index is 12.2. The predicted octanol–water partition coefficient (Wildman–Crippen LogP) is 2.05. The van der Waals surface area contributed by atoms with Crippen molar-refractivity contribution >= 4 is 11.8 Å². The van der Waals surface area contributed by atoms with E-state index in [-0.39, 0.29) is 17.6 Å². The number of carbonyl (C=O) groups excluding carboxylic acids is 2. The van der Waals surface area contributed by atoms with E-state index in [1.165, 1.54) is 24.3 Å². The Morgan fingerprint density at radius 3 is 1.93 bits per heavy atom. The standard InChI is InChI=1S/C20H20N4O3/c1-14-12-23-24(13-14)17-6-2-15(3-7-17)19(26)21-10-11-22-20(27)16-4-8-18(25)9-5-16/h2-9,12-13,25H,10-11H2,1H3,(H,21,26)(H,22,27). The van der Waals surface area contributed by atoms with Crippen LogP contribution in [0.1, 0.15) is 26.3 Å². The number of nitrogens with zero attached hydrogens (tertiary/aromatic N) is 2. The molecule has 0 radical (unpaired) electrons. The minimum absolute atomic E-state index is 0.104. The summed E-state index contributed by atoms with van der Waals surface area (Å²) in [5.74, 6) is -0.368. The molecule has 0 aliphatic heterocycles. The molecule has 1 aromatic heterocycles. The largest absolute Gasteiger partial charge is 0.508 e. The summed E-state index contributed by atoms with van der Waals surface area (Å²) in [6, 6.07) is 13.1. The third kappa shape index (κ3) is 4.72. The zero-order chi connectivity index (χ0) is 19.2. The number of aromatic hydroxyl groups is 1. The van der Waals surface area contributed by atoms with Crippen LogP contribution in [-0.4, -0.2) is 39.8 Å². The highest BCUT2D eigenvalue weighted by atomic mass is 16.3. The predicted molar refractivity (Wildman–Crippen MR) is 101 cm³/mol. The number of hydrogen-bond acceptors (Lipinski definition) is 4. The molecule has 0 fully saturated rings. The van der Waals surface area contributed by atoms with Gasteiger partial charge < -0.3 is 15.7 Å². The van der Waals surface area contributed by atoms with Gasteiger partial charge in [0.1, 0.15) is 5.75 Å². The minimum Gasteiger partial charge on any atom is -0.508 e. The van der Waals surface area contributed by atoms with Gasteiger partial charge in [-0.1, -0.05) is 0 Å². The van der Waals surface area contributed by atoms with Crippen molar-refractivity contribution < 1.29 is 14.7 Å². The van der Waals surface area contributed by atoms with E-state index in [0.29, 0.717) is 24.2 Å². The molecule has 3 rings (SSSR count). The monoisotopic (exact) mass is 364 g/mol. The van der Waals surface area contributed by atoms with Crippen molar-refractivity contribution in [1.82, 2.24) is 20.4 Å². The fourth-order valence-electron chi connectivity index (χ4n) is 2.49. The van der Waals surface area contributed by atoms with Crippen LogP contribution in [0, 0.1) is 6.92 Å². The van der Waals surface area contributed by atoms with Gasteiger partial charge in [0.15, 0.2) is 0 Å². The highest BCUT2D eigenvalue weighted by Gasteiger charge is 2.07. The van der Waals surface area contributed by atoms with Crippen molar-refractivity contribution in [3.8, 4) is 11.4 Å². The summed E-state index contributed by atoms with van der Waals surface area (Å²) in [6.45, 7) is 2.57. The highest BCUT2D eigenvalue weighted by molar-refractivity contribution is 5.95. The molecule has 0 saturated heterocycles. The SMILES string of the molecule is Cc1cnn(-c2ccc(C(=O)NCCNC(=O)c3ccc(O)cc3)cc2)c1. The Kier molecular flexibility index (Phi) is 5.51. The Morgan fingerprint density at radius 1 is 0.926 bits per heavy atom. The molecule has 0 spiro atoms. The van der Waals surface area contributed by atoms with Crippen molar-refractivity contribution in [2.24, 2.45) is 0 Å². The topological polar surface area (TPSA) is 96.3 Å². The third-order valence-corrected chi connectivity index (χ3v) is 3.93. The lowest BCUT2D eigenvalue weighted by atomic mass is 10.2. The number of aromatic nitrogens is 2. The lowest BCUT2D eigenvalue weighted by Gasteiger charge is -2.08. The molecule has 2 amide bonds. The van der Waals surface area contributed by atoms with E-state index in [2.05, 4.69) is 15.7 Å². The van der Waals surface area contributed by atoms with Crippen molar-refractivity contribution in [3.63, 3.8) is 0 Å². The van der Waals surface area contributed by atoms with Crippen LogP contribution >= 0.6 is 0 Å². The maximum absolute atomic E-state index is 12.2. The Morgan fingerprint density at radius 2 is 1.44 bits per heavy atom. The average molecular weight is 364 g/mol. The van der Waals surface area contributed by atoms with Gasteiger partial charge in [-0.3, -0.25) is 9.59 Å². The second-order valence-electron chi connectivity index (χ2n) is 6.07. The molecule has 7 heteroatoms. The van der Waals surface area contributed by atoms with Gasteiger partial charge in [-0.25, -0.2) is 4.68 Å². The normalized spacial score (nSPS) is 10.4. The summed E-state index contributed by atoms with van der Waals surface area (Å²) in [5.41, 5.74) is 2.92.